The molecule has 0 heterocycles. The van der Waals surface area contributed by atoms with Gasteiger partial charge in [0.05, 0.1) is 10.7 Å². The Morgan fingerprint density at radius 3 is 1.88 bits per heavy atom. The van der Waals surface area contributed by atoms with Gasteiger partial charge in [-0.2, -0.15) is 0 Å². The van der Waals surface area contributed by atoms with Crippen molar-refractivity contribution in [3.05, 3.63) is 53.6 Å². The number of benzene rings is 2. The van der Waals surface area contributed by atoms with Crippen molar-refractivity contribution in [1.82, 2.24) is 4.72 Å². The van der Waals surface area contributed by atoms with Crippen LogP contribution in [0.15, 0.2) is 58.3 Å². The smallest absolute Gasteiger partial charge is 0.263 e. The van der Waals surface area contributed by atoms with Gasteiger partial charge in [-0.3, -0.25) is 4.72 Å². The Balaban J connectivity index is 2.48. The molecule has 0 spiro atoms. The standard InChI is InChI=1S/C16H19ClN2O4S2/c1-16(2,3)19-25(22,23)15-11-7-5-9-13(15)18-24(20,21)14-10-6-4-8-12(14)17/h4-11,18-19H,1-3H3. The predicted octanol–water partition coefficient (Wildman–Crippen LogP) is 3.22. The Labute approximate surface area is 153 Å². The molecule has 2 aromatic carbocycles. The number of hydrogen-bond donors (Lipinski definition) is 2. The number of sulfonamides is 2. The second-order valence-electron chi connectivity index (χ2n) is 6.39. The second kappa shape index (κ2) is 6.95. The summed E-state index contributed by atoms with van der Waals surface area (Å²) in [5, 5.41) is 0.0446. The number of para-hydroxylation sites is 1. The van der Waals surface area contributed by atoms with E-state index in [9.17, 15) is 16.8 Å². The summed E-state index contributed by atoms with van der Waals surface area (Å²) in [6.45, 7) is 5.09. The molecule has 0 radical (unpaired) electrons. The van der Waals surface area contributed by atoms with Gasteiger partial charge < -0.3 is 0 Å². The zero-order valence-corrected chi connectivity index (χ0v) is 16.3. The highest BCUT2D eigenvalue weighted by molar-refractivity contribution is 7.93. The van der Waals surface area contributed by atoms with Crippen molar-refractivity contribution in [2.45, 2.75) is 36.1 Å². The Morgan fingerprint density at radius 1 is 0.800 bits per heavy atom. The predicted molar refractivity (Wildman–Crippen MR) is 98.8 cm³/mol. The Bertz CT molecular complexity index is 981. The summed E-state index contributed by atoms with van der Waals surface area (Å²) in [7, 11) is -7.97. The van der Waals surface area contributed by atoms with E-state index in [0.717, 1.165) is 0 Å². The number of halogens is 1. The van der Waals surface area contributed by atoms with Gasteiger partial charge >= 0.3 is 0 Å². The normalized spacial score (nSPS) is 12.8. The summed E-state index contributed by atoms with van der Waals surface area (Å²) < 4.78 is 55.1. The number of rotatable bonds is 5. The van der Waals surface area contributed by atoms with Crippen molar-refractivity contribution < 1.29 is 16.8 Å². The van der Waals surface area contributed by atoms with E-state index in [1.54, 1.807) is 32.9 Å². The lowest BCUT2D eigenvalue weighted by molar-refractivity contribution is 0.492. The third-order valence-corrected chi connectivity index (χ3v) is 6.67. The lowest BCUT2D eigenvalue weighted by Gasteiger charge is -2.21. The van der Waals surface area contributed by atoms with Crippen molar-refractivity contribution >= 4 is 37.3 Å². The van der Waals surface area contributed by atoms with Crippen molar-refractivity contribution in [3.63, 3.8) is 0 Å². The summed E-state index contributed by atoms with van der Waals surface area (Å²) in [6, 6.07) is 11.7. The van der Waals surface area contributed by atoms with Crippen molar-refractivity contribution in [3.8, 4) is 0 Å². The zero-order valence-electron chi connectivity index (χ0n) is 13.9. The first-order valence-electron chi connectivity index (χ1n) is 7.33. The lowest BCUT2D eigenvalue weighted by atomic mass is 10.1. The quantitative estimate of drug-likeness (QED) is 0.803. The largest absolute Gasteiger partial charge is 0.278 e. The van der Waals surface area contributed by atoms with Crippen LogP contribution in [0.1, 0.15) is 20.8 Å². The minimum atomic E-state index is -4.04. The number of nitrogens with one attached hydrogen (secondary N) is 2. The summed E-state index contributed by atoms with van der Waals surface area (Å²) in [5.74, 6) is 0. The van der Waals surface area contributed by atoms with Crippen LogP contribution in [0.3, 0.4) is 0 Å². The average molecular weight is 403 g/mol. The molecule has 2 aromatic rings. The molecule has 0 saturated heterocycles. The maximum Gasteiger partial charge on any atom is 0.263 e. The highest BCUT2D eigenvalue weighted by Crippen LogP contribution is 2.27. The summed E-state index contributed by atoms with van der Waals surface area (Å²) in [5.41, 5.74) is -0.771. The van der Waals surface area contributed by atoms with E-state index in [0.29, 0.717) is 0 Å². The molecule has 6 nitrogen and oxygen atoms in total. The van der Waals surface area contributed by atoms with Crippen molar-refractivity contribution in [1.29, 1.82) is 0 Å². The molecular formula is C16H19ClN2O4S2. The summed E-state index contributed by atoms with van der Waals surface area (Å²) >= 11 is 5.94. The number of hydrogen-bond acceptors (Lipinski definition) is 4. The number of anilines is 1. The first-order valence-corrected chi connectivity index (χ1v) is 10.7. The molecule has 2 N–H and O–H groups in total. The minimum Gasteiger partial charge on any atom is -0.278 e. The fraction of sp³-hybridized carbons (Fsp3) is 0.250. The minimum absolute atomic E-state index is 0.0446. The van der Waals surface area contributed by atoms with Crippen LogP contribution in [0.4, 0.5) is 5.69 Å². The molecular weight excluding hydrogens is 384 g/mol. The molecule has 0 fully saturated rings. The van der Waals surface area contributed by atoms with E-state index in [4.69, 9.17) is 11.6 Å². The van der Waals surface area contributed by atoms with Crippen molar-refractivity contribution in [2.75, 3.05) is 4.72 Å². The molecule has 0 aliphatic carbocycles. The lowest BCUT2D eigenvalue weighted by Crippen LogP contribution is -2.40. The van der Waals surface area contributed by atoms with E-state index in [1.807, 2.05) is 0 Å². The van der Waals surface area contributed by atoms with Gasteiger partial charge in [0, 0.05) is 5.54 Å². The molecule has 0 aliphatic rings. The molecule has 0 atom stereocenters. The van der Waals surface area contributed by atoms with Crippen LogP contribution in [-0.4, -0.2) is 22.4 Å². The Kier molecular flexibility index (Phi) is 5.48. The Hall–Kier alpha value is -1.61. The molecule has 2 rings (SSSR count). The van der Waals surface area contributed by atoms with E-state index in [2.05, 4.69) is 9.44 Å². The fourth-order valence-electron chi connectivity index (χ4n) is 2.11. The molecule has 25 heavy (non-hydrogen) atoms. The zero-order chi connectivity index (χ0) is 18.9. The van der Waals surface area contributed by atoms with E-state index in [-0.39, 0.29) is 20.5 Å². The van der Waals surface area contributed by atoms with Gasteiger partial charge in [0.2, 0.25) is 10.0 Å². The van der Waals surface area contributed by atoms with Gasteiger partial charge in [0.25, 0.3) is 10.0 Å². The molecule has 0 bridgehead atoms. The third kappa shape index (κ3) is 4.94. The summed E-state index contributed by atoms with van der Waals surface area (Å²) in [6.07, 6.45) is 0. The first kappa shape index (κ1) is 19.7. The third-order valence-electron chi connectivity index (χ3n) is 2.99. The van der Waals surface area contributed by atoms with Gasteiger partial charge in [0.1, 0.15) is 9.79 Å². The van der Waals surface area contributed by atoms with Crippen molar-refractivity contribution in [2.24, 2.45) is 0 Å². The highest BCUT2D eigenvalue weighted by atomic mass is 35.5. The second-order valence-corrected chi connectivity index (χ2v) is 10.1. The molecule has 0 aliphatic heterocycles. The van der Waals surface area contributed by atoms with Gasteiger partial charge in [-0.1, -0.05) is 35.9 Å². The molecule has 9 heteroatoms. The van der Waals surface area contributed by atoms with E-state index < -0.39 is 25.6 Å². The Morgan fingerprint density at radius 2 is 1.32 bits per heavy atom. The SMILES string of the molecule is CC(C)(C)NS(=O)(=O)c1ccccc1NS(=O)(=O)c1ccccc1Cl. The monoisotopic (exact) mass is 402 g/mol. The van der Waals surface area contributed by atoms with Gasteiger partial charge in [0.15, 0.2) is 0 Å². The average Bonchev–Trinajstić information content (AvgIpc) is 2.45. The van der Waals surface area contributed by atoms with Crippen LogP contribution in [0.2, 0.25) is 5.02 Å². The van der Waals surface area contributed by atoms with Gasteiger partial charge in [-0.25, -0.2) is 21.6 Å². The molecule has 0 unspecified atom stereocenters. The summed E-state index contributed by atoms with van der Waals surface area (Å²) in [4.78, 5) is -0.298. The first-order chi connectivity index (χ1) is 11.4. The fourth-order valence-corrected chi connectivity index (χ4v) is 5.35. The van der Waals surface area contributed by atoms with Crippen LogP contribution in [0.5, 0.6) is 0 Å². The maximum atomic E-state index is 12.6. The molecule has 0 amide bonds. The highest BCUT2D eigenvalue weighted by Gasteiger charge is 2.26. The van der Waals surface area contributed by atoms with Gasteiger partial charge in [-0.05, 0) is 45.0 Å². The molecule has 136 valence electrons. The topological polar surface area (TPSA) is 92.3 Å². The molecule has 0 saturated carbocycles. The van der Waals surface area contributed by atoms with Crippen LogP contribution in [0, 0.1) is 0 Å². The van der Waals surface area contributed by atoms with E-state index >= 15 is 0 Å². The maximum absolute atomic E-state index is 12.6. The van der Waals surface area contributed by atoms with Crippen LogP contribution >= 0.6 is 11.6 Å². The van der Waals surface area contributed by atoms with Crippen LogP contribution in [-0.2, 0) is 20.0 Å². The van der Waals surface area contributed by atoms with Gasteiger partial charge in [-0.15, -0.1) is 0 Å². The van der Waals surface area contributed by atoms with Crippen LogP contribution < -0.4 is 9.44 Å². The molecule has 0 aromatic heterocycles. The van der Waals surface area contributed by atoms with E-state index in [1.165, 1.54) is 36.4 Å². The van der Waals surface area contributed by atoms with Crippen LogP contribution in [0.25, 0.3) is 0 Å².